The SMILES string of the molecule is CCc1cccc(C(O)C2CCOC2C)c1. The van der Waals surface area contributed by atoms with Crippen LogP contribution in [0.25, 0.3) is 0 Å². The Morgan fingerprint density at radius 2 is 2.31 bits per heavy atom. The van der Waals surface area contributed by atoms with E-state index in [1.807, 2.05) is 19.1 Å². The monoisotopic (exact) mass is 220 g/mol. The minimum absolute atomic E-state index is 0.167. The Bertz CT molecular complexity index is 348. The van der Waals surface area contributed by atoms with Crippen LogP contribution >= 0.6 is 0 Å². The van der Waals surface area contributed by atoms with Gasteiger partial charge in [-0.1, -0.05) is 31.2 Å². The molecule has 1 aliphatic heterocycles. The van der Waals surface area contributed by atoms with E-state index in [0.29, 0.717) is 0 Å². The average molecular weight is 220 g/mol. The van der Waals surface area contributed by atoms with E-state index in [9.17, 15) is 5.11 Å². The first-order valence-corrected chi connectivity index (χ1v) is 6.11. The van der Waals surface area contributed by atoms with Crippen molar-refractivity contribution in [3.8, 4) is 0 Å². The highest BCUT2D eigenvalue weighted by Gasteiger charge is 2.31. The van der Waals surface area contributed by atoms with Crippen LogP contribution in [0.5, 0.6) is 0 Å². The van der Waals surface area contributed by atoms with Crippen LogP contribution in [0.4, 0.5) is 0 Å². The highest BCUT2D eigenvalue weighted by molar-refractivity contribution is 5.25. The van der Waals surface area contributed by atoms with Crippen molar-refractivity contribution in [2.75, 3.05) is 6.61 Å². The molecule has 16 heavy (non-hydrogen) atoms. The third-order valence-corrected chi connectivity index (χ3v) is 3.54. The van der Waals surface area contributed by atoms with Crippen molar-refractivity contribution in [1.29, 1.82) is 0 Å². The van der Waals surface area contributed by atoms with Gasteiger partial charge in [-0.2, -0.15) is 0 Å². The first-order valence-electron chi connectivity index (χ1n) is 6.11. The van der Waals surface area contributed by atoms with E-state index in [1.165, 1.54) is 5.56 Å². The molecule has 1 aromatic carbocycles. The predicted molar refractivity (Wildman–Crippen MR) is 64.3 cm³/mol. The van der Waals surface area contributed by atoms with E-state index in [2.05, 4.69) is 19.1 Å². The van der Waals surface area contributed by atoms with Crippen molar-refractivity contribution < 1.29 is 9.84 Å². The number of benzene rings is 1. The highest BCUT2D eigenvalue weighted by Crippen LogP contribution is 2.33. The minimum Gasteiger partial charge on any atom is -0.388 e. The molecular formula is C14H20O2. The molecule has 1 aliphatic rings. The molecule has 88 valence electrons. The largest absolute Gasteiger partial charge is 0.388 e. The van der Waals surface area contributed by atoms with Gasteiger partial charge in [-0.05, 0) is 30.9 Å². The summed E-state index contributed by atoms with van der Waals surface area (Å²) in [6.45, 7) is 4.95. The molecule has 1 heterocycles. The Morgan fingerprint density at radius 3 is 2.94 bits per heavy atom. The number of hydrogen-bond acceptors (Lipinski definition) is 2. The molecule has 0 aromatic heterocycles. The van der Waals surface area contributed by atoms with E-state index in [-0.39, 0.29) is 18.1 Å². The second-order valence-corrected chi connectivity index (χ2v) is 4.57. The van der Waals surface area contributed by atoms with Crippen molar-refractivity contribution in [2.45, 2.75) is 38.9 Å². The van der Waals surface area contributed by atoms with Gasteiger partial charge < -0.3 is 9.84 Å². The predicted octanol–water partition coefficient (Wildman–Crippen LogP) is 2.71. The molecule has 2 rings (SSSR count). The Morgan fingerprint density at radius 1 is 1.50 bits per heavy atom. The van der Waals surface area contributed by atoms with E-state index >= 15 is 0 Å². The van der Waals surface area contributed by atoms with Crippen LogP contribution in [0.2, 0.25) is 0 Å². The lowest BCUT2D eigenvalue weighted by Gasteiger charge is -2.21. The van der Waals surface area contributed by atoms with Crippen molar-refractivity contribution >= 4 is 0 Å². The summed E-state index contributed by atoms with van der Waals surface area (Å²) in [7, 11) is 0. The molecule has 1 N–H and O–H groups in total. The highest BCUT2D eigenvalue weighted by atomic mass is 16.5. The van der Waals surface area contributed by atoms with Gasteiger partial charge in [0.1, 0.15) is 0 Å². The van der Waals surface area contributed by atoms with Gasteiger partial charge in [-0.25, -0.2) is 0 Å². The number of rotatable bonds is 3. The lowest BCUT2D eigenvalue weighted by Crippen LogP contribution is -2.19. The summed E-state index contributed by atoms with van der Waals surface area (Å²) in [5.74, 6) is 0.243. The van der Waals surface area contributed by atoms with E-state index in [4.69, 9.17) is 4.74 Å². The summed E-state index contributed by atoms with van der Waals surface area (Å²) in [5, 5.41) is 10.3. The van der Waals surface area contributed by atoms with Gasteiger partial charge >= 0.3 is 0 Å². The van der Waals surface area contributed by atoms with Crippen LogP contribution in [0.15, 0.2) is 24.3 Å². The third-order valence-electron chi connectivity index (χ3n) is 3.54. The van der Waals surface area contributed by atoms with E-state index < -0.39 is 0 Å². The molecule has 1 aromatic rings. The van der Waals surface area contributed by atoms with Crippen molar-refractivity contribution in [1.82, 2.24) is 0 Å². The minimum atomic E-state index is -0.385. The zero-order chi connectivity index (χ0) is 11.5. The van der Waals surface area contributed by atoms with Crippen LogP contribution < -0.4 is 0 Å². The fourth-order valence-electron chi connectivity index (χ4n) is 2.41. The number of aliphatic hydroxyl groups excluding tert-OH is 1. The first-order chi connectivity index (χ1) is 7.72. The number of aryl methyl sites for hydroxylation is 1. The summed E-state index contributed by atoms with van der Waals surface area (Å²) < 4.78 is 5.50. The summed E-state index contributed by atoms with van der Waals surface area (Å²) >= 11 is 0. The maximum absolute atomic E-state index is 10.3. The number of aliphatic hydroxyl groups is 1. The fourth-order valence-corrected chi connectivity index (χ4v) is 2.41. The molecule has 0 aliphatic carbocycles. The Balaban J connectivity index is 2.16. The normalized spacial score (nSPS) is 26.9. The topological polar surface area (TPSA) is 29.5 Å². The molecule has 0 bridgehead atoms. The van der Waals surface area contributed by atoms with Crippen molar-refractivity contribution in [3.63, 3.8) is 0 Å². The smallest absolute Gasteiger partial charge is 0.0843 e. The summed E-state index contributed by atoms with van der Waals surface area (Å²) in [6, 6.07) is 8.24. The molecule has 0 amide bonds. The molecule has 0 radical (unpaired) electrons. The fraction of sp³-hybridized carbons (Fsp3) is 0.571. The molecule has 0 saturated carbocycles. The van der Waals surface area contributed by atoms with Crippen LogP contribution in [0.3, 0.4) is 0 Å². The van der Waals surface area contributed by atoms with E-state index in [1.54, 1.807) is 0 Å². The summed E-state index contributed by atoms with van der Waals surface area (Å²) in [4.78, 5) is 0. The maximum atomic E-state index is 10.3. The van der Waals surface area contributed by atoms with Gasteiger partial charge in [0.2, 0.25) is 0 Å². The van der Waals surface area contributed by atoms with Crippen LogP contribution in [-0.4, -0.2) is 17.8 Å². The van der Waals surface area contributed by atoms with Gasteiger partial charge in [0.15, 0.2) is 0 Å². The molecule has 1 saturated heterocycles. The Labute approximate surface area is 97.3 Å². The molecule has 1 fully saturated rings. The molecule has 0 spiro atoms. The lowest BCUT2D eigenvalue weighted by atomic mass is 9.90. The third kappa shape index (κ3) is 2.28. The second kappa shape index (κ2) is 4.98. The zero-order valence-corrected chi connectivity index (χ0v) is 10.0. The molecule has 3 unspecified atom stereocenters. The molecular weight excluding hydrogens is 200 g/mol. The van der Waals surface area contributed by atoms with Gasteiger partial charge in [0, 0.05) is 12.5 Å². The zero-order valence-electron chi connectivity index (χ0n) is 10.0. The second-order valence-electron chi connectivity index (χ2n) is 4.57. The molecule has 3 atom stereocenters. The quantitative estimate of drug-likeness (QED) is 0.848. The lowest BCUT2D eigenvalue weighted by molar-refractivity contribution is 0.0431. The van der Waals surface area contributed by atoms with Gasteiger partial charge in [-0.3, -0.25) is 0 Å². The van der Waals surface area contributed by atoms with Gasteiger partial charge in [0.25, 0.3) is 0 Å². The van der Waals surface area contributed by atoms with Gasteiger partial charge in [0.05, 0.1) is 12.2 Å². The Kier molecular flexibility index (Phi) is 3.62. The van der Waals surface area contributed by atoms with Crippen LogP contribution in [0.1, 0.15) is 37.5 Å². The van der Waals surface area contributed by atoms with Gasteiger partial charge in [-0.15, -0.1) is 0 Å². The van der Waals surface area contributed by atoms with Crippen LogP contribution in [-0.2, 0) is 11.2 Å². The summed E-state index contributed by atoms with van der Waals surface area (Å²) in [6.07, 6.45) is 1.75. The molecule has 2 heteroatoms. The maximum Gasteiger partial charge on any atom is 0.0843 e. The average Bonchev–Trinajstić information content (AvgIpc) is 2.74. The standard InChI is InChI=1S/C14H20O2/c1-3-11-5-4-6-12(9-11)14(15)13-7-8-16-10(13)2/h4-6,9-10,13-15H,3,7-8H2,1-2H3. The number of ether oxygens (including phenoxy) is 1. The van der Waals surface area contributed by atoms with Crippen LogP contribution in [0, 0.1) is 5.92 Å². The van der Waals surface area contributed by atoms with Crippen molar-refractivity contribution in [2.24, 2.45) is 5.92 Å². The first kappa shape index (κ1) is 11.6. The van der Waals surface area contributed by atoms with Crippen molar-refractivity contribution in [3.05, 3.63) is 35.4 Å². The van der Waals surface area contributed by atoms with E-state index in [0.717, 1.165) is 25.0 Å². The number of hydrogen-bond donors (Lipinski definition) is 1. The molecule has 2 nitrogen and oxygen atoms in total. The Hall–Kier alpha value is -0.860. The summed E-state index contributed by atoms with van der Waals surface area (Å²) in [5.41, 5.74) is 2.31.